The van der Waals surface area contributed by atoms with Gasteiger partial charge in [0.2, 0.25) is 5.91 Å². The third-order valence-electron chi connectivity index (χ3n) is 6.33. The first kappa shape index (κ1) is 24.5. The van der Waals surface area contributed by atoms with Crippen molar-refractivity contribution in [3.8, 4) is 5.75 Å². The number of carbonyl (C=O) groups excluding carboxylic acids is 1. The van der Waals surface area contributed by atoms with E-state index in [9.17, 15) is 9.18 Å². The summed E-state index contributed by atoms with van der Waals surface area (Å²) in [5, 5.41) is 5.03. The quantitative estimate of drug-likeness (QED) is 0.392. The number of pyridine rings is 1. The van der Waals surface area contributed by atoms with Crippen LogP contribution in [-0.2, 0) is 4.79 Å². The van der Waals surface area contributed by atoms with Crippen molar-refractivity contribution >= 4 is 16.8 Å². The van der Waals surface area contributed by atoms with E-state index < -0.39 is 0 Å². The lowest BCUT2D eigenvalue weighted by atomic mass is 9.85. The number of rotatable bonds is 9. The van der Waals surface area contributed by atoms with Crippen molar-refractivity contribution in [2.45, 2.75) is 46.1 Å². The van der Waals surface area contributed by atoms with Gasteiger partial charge in [0.15, 0.2) is 0 Å². The summed E-state index contributed by atoms with van der Waals surface area (Å²) >= 11 is 0. The molecule has 8 heteroatoms. The van der Waals surface area contributed by atoms with Crippen LogP contribution < -0.4 is 21.6 Å². The third-order valence-corrected chi connectivity index (χ3v) is 6.33. The van der Waals surface area contributed by atoms with E-state index in [0.717, 1.165) is 12.8 Å². The average Bonchev–Trinajstić information content (AvgIpc) is 3.12. The zero-order valence-corrected chi connectivity index (χ0v) is 19.6. The molecule has 1 aliphatic rings. The molecule has 1 fully saturated rings. The van der Waals surface area contributed by atoms with Crippen molar-refractivity contribution in [2.75, 3.05) is 6.54 Å². The van der Waals surface area contributed by atoms with Crippen molar-refractivity contribution in [3.63, 3.8) is 0 Å². The first-order chi connectivity index (χ1) is 15.7. The molecule has 0 radical (unpaired) electrons. The molecule has 1 aliphatic carbocycles. The summed E-state index contributed by atoms with van der Waals surface area (Å²) in [5.74, 6) is 6.53. The minimum Gasteiger partial charge on any atom is -0.490 e. The van der Waals surface area contributed by atoms with Gasteiger partial charge in [-0.3, -0.25) is 14.8 Å². The minimum atomic E-state index is -0.321. The number of benzene rings is 1. The molecule has 0 saturated heterocycles. The van der Waals surface area contributed by atoms with Gasteiger partial charge in [-0.1, -0.05) is 20.4 Å². The topological polar surface area (TPSA) is 106 Å². The number of fused-ring (bicyclic) bond motifs is 1. The zero-order valence-electron chi connectivity index (χ0n) is 19.6. The highest BCUT2D eigenvalue weighted by molar-refractivity contribution is 5.84. The van der Waals surface area contributed by atoms with E-state index in [-0.39, 0.29) is 29.7 Å². The molecular weight excluding hydrogens is 421 g/mol. The van der Waals surface area contributed by atoms with Gasteiger partial charge in [0.05, 0.1) is 11.6 Å². The summed E-state index contributed by atoms with van der Waals surface area (Å²) in [6.07, 6.45) is 5.35. The highest BCUT2D eigenvalue weighted by Gasteiger charge is 2.38. The SMILES string of the molecule is C=C(CCNC(=O)C(C)C1CC(Oc2ccnc3ccc(F)cc23)CC1C)N(N)/C=C(/C)N. The van der Waals surface area contributed by atoms with Crippen LogP contribution in [0.5, 0.6) is 5.75 Å². The first-order valence-corrected chi connectivity index (χ1v) is 11.3. The second-order valence-corrected chi connectivity index (χ2v) is 9.00. The van der Waals surface area contributed by atoms with Crippen LogP contribution in [0.2, 0.25) is 0 Å². The second-order valence-electron chi connectivity index (χ2n) is 9.00. The molecular formula is C25H34FN5O2. The lowest BCUT2D eigenvalue weighted by Gasteiger charge is -2.23. The minimum absolute atomic E-state index is 0.00542. The number of nitrogens with two attached hydrogens (primary N) is 2. The van der Waals surface area contributed by atoms with Crippen LogP contribution in [0, 0.1) is 23.6 Å². The highest BCUT2D eigenvalue weighted by Crippen LogP contribution is 2.39. The largest absolute Gasteiger partial charge is 0.490 e. The molecule has 0 aliphatic heterocycles. The van der Waals surface area contributed by atoms with Gasteiger partial charge in [-0.05, 0) is 55.9 Å². The van der Waals surface area contributed by atoms with Crippen LogP contribution >= 0.6 is 0 Å². The smallest absolute Gasteiger partial charge is 0.223 e. The average molecular weight is 456 g/mol. The van der Waals surface area contributed by atoms with Crippen LogP contribution in [0.3, 0.4) is 0 Å². The van der Waals surface area contributed by atoms with Crippen molar-refractivity contribution in [2.24, 2.45) is 29.3 Å². The Morgan fingerprint density at radius 2 is 2.18 bits per heavy atom. The first-order valence-electron chi connectivity index (χ1n) is 11.3. The van der Waals surface area contributed by atoms with Crippen LogP contribution in [0.1, 0.15) is 40.0 Å². The Bertz CT molecular complexity index is 1040. The van der Waals surface area contributed by atoms with Gasteiger partial charge >= 0.3 is 0 Å². The van der Waals surface area contributed by atoms with E-state index in [1.54, 1.807) is 31.5 Å². The van der Waals surface area contributed by atoms with Crippen molar-refractivity contribution in [3.05, 3.63) is 60.5 Å². The molecule has 33 heavy (non-hydrogen) atoms. The summed E-state index contributed by atoms with van der Waals surface area (Å²) < 4.78 is 20.0. The monoisotopic (exact) mass is 455 g/mol. The van der Waals surface area contributed by atoms with E-state index in [1.165, 1.54) is 17.1 Å². The highest BCUT2D eigenvalue weighted by atomic mass is 19.1. The Labute approximate surface area is 194 Å². The van der Waals surface area contributed by atoms with Gasteiger partial charge in [-0.25, -0.2) is 10.2 Å². The van der Waals surface area contributed by atoms with Gasteiger partial charge in [0.1, 0.15) is 11.6 Å². The van der Waals surface area contributed by atoms with E-state index in [2.05, 4.69) is 23.8 Å². The van der Waals surface area contributed by atoms with Gasteiger partial charge < -0.3 is 15.8 Å². The number of halogens is 1. The lowest BCUT2D eigenvalue weighted by molar-refractivity contribution is -0.126. The van der Waals surface area contributed by atoms with Gasteiger partial charge in [-0.2, -0.15) is 0 Å². The van der Waals surface area contributed by atoms with Crippen molar-refractivity contribution < 1.29 is 13.9 Å². The molecule has 3 rings (SSSR count). The van der Waals surface area contributed by atoms with Crippen LogP contribution in [-0.4, -0.2) is 28.5 Å². The van der Waals surface area contributed by atoms with E-state index in [1.807, 2.05) is 6.92 Å². The molecule has 7 nitrogen and oxygen atoms in total. The normalized spacial score (nSPS) is 21.6. The lowest BCUT2D eigenvalue weighted by Crippen LogP contribution is -2.36. The molecule has 2 aromatic rings. The van der Waals surface area contributed by atoms with Crippen LogP contribution in [0.15, 0.2) is 54.6 Å². The summed E-state index contributed by atoms with van der Waals surface area (Å²) in [6.45, 7) is 10.2. The van der Waals surface area contributed by atoms with E-state index >= 15 is 0 Å². The molecule has 1 aromatic heterocycles. The molecule has 0 spiro atoms. The number of hydrogen-bond donors (Lipinski definition) is 3. The third kappa shape index (κ3) is 6.22. The number of nitrogens with zero attached hydrogens (tertiary/aromatic N) is 2. The predicted molar refractivity (Wildman–Crippen MR) is 128 cm³/mol. The van der Waals surface area contributed by atoms with Gasteiger partial charge in [-0.15, -0.1) is 0 Å². The fraction of sp³-hybridized carbons (Fsp3) is 0.440. The summed E-state index contributed by atoms with van der Waals surface area (Å²) in [6, 6.07) is 6.26. The summed E-state index contributed by atoms with van der Waals surface area (Å²) in [7, 11) is 0. The maximum atomic E-state index is 13.7. The predicted octanol–water partition coefficient (Wildman–Crippen LogP) is 3.82. The standard InChI is InChI=1S/C25H34FN5O2/c1-15-11-20(33-24-8-10-29-23-6-5-19(26)12-22(23)24)13-21(15)18(4)25(32)30-9-7-17(3)31(28)14-16(2)27/h5-6,8,10,12,14-15,18,20-21H,3,7,9,11,13,27-28H2,1-2,4H3,(H,30,32)/b16-14-. The number of allylic oxidation sites excluding steroid dienone is 1. The Hall–Kier alpha value is -3.13. The number of carbonyl (C=O) groups is 1. The second kappa shape index (κ2) is 10.7. The molecule has 4 atom stereocenters. The fourth-order valence-corrected chi connectivity index (χ4v) is 4.52. The van der Waals surface area contributed by atoms with E-state index in [0.29, 0.717) is 46.9 Å². The molecule has 1 amide bonds. The van der Waals surface area contributed by atoms with Crippen LogP contribution in [0.4, 0.5) is 4.39 Å². The molecule has 0 bridgehead atoms. The Kier molecular flexibility index (Phi) is 7.92. The number of nitrogens with one attached hydrogen (secondary N) is 1. The molecule has 1 saturated carbocycles. The Morgan fingerprint density at radius 3 is 2.91 bits per heavy atom. The van der Waals surface area contributed by atoms with E-state index in [4.69, 9.17) is 16.3 Å². The van der Waals surface area contributed by atoms with Crippen LogP contribution in [0.25, 0.3) is 10.9 Å². The number of hydrogen-bond acceptors (Lipinski definition) is 6. The fourth-order valence-electron chi connectivity index (χ4n) is 4.52. The maximum Gasteiger partial charge on any atom is 0.223 e. The summed E-state index contributed by atoms with van der Waals surface area (Å²) in [4.78, 5) is 17.1. The molecule has 1 heterocycles. The Balaban J connectivity index is 1.55. The number of aromatic nitrogens is 1. The zero-order chi connectivity index (χ0) is 24.1. The number of hydrazine groups is 1. The number of ether oxygens (including phenoxy) is 1. The molecule has 4 unspecified atom stereocenters. The molecule has 5 N–H and O–H groups in total. The van der Waals surface area contributed by atoms with Crippen molar-refractivity contribution in [1.82, 2.24) is 15.3 Å². The summed E-state index contributed by atoms with van der Waals surface area (Å²) in [5.41, 5.74) is 7.56. The van der Waals surface area contributed by atoms with Gasteiger partial charge in [0.25, 0.3) is 0 Å². The Morgan fingerprint density at radius 1 is 1.42 bits per heavy atom. The molecule has 1 aromatic carbocycles. The van der Waals surface area contributed by atoms with Crippen molar-refractivity contribution in [1.29, 1.82) is 0 Å². The van der Waals surface area contributed by atoms with Gasteiger partial charge in [0, 0.05) is 48.1 Å². The maximum absolute atomic E-state index is 13.7. The number of amides is 1. The molecule has 178 valence electrons.